The second kappa shape index (κ2) is 11.5. The van der Waals surface area contributed by atoms with Crippen LogP contribution in [0.2, 0.25) is 5.02 Å². The summed E-state index contributed by atoms with van der Waals surface area (Å²) < 4.78 is 21.0. The summed E-state index contributed by atoms with van der Waals surface area (Å²) in [4.78, 5) is 17.0. The van der Waals surface area contributed by atoms with Crippen molar-refractivity contribution in [3.63, 3.8) is 0 Å². The predicted octanol–water partition coefficient (Wildman–Crippen LogP) is 8.67. The molecule has 1 fully saturated rings. The summed E-state index contributed by atoms with van der Waals surface area (Å²) in [7, 11) is 0. The van der Waals surface area contributed by atoms with Gasteiger partial charge in [-0.15, -0.1) is 0 Å². The molecule has 7 heteroatoms. The van der Waals surface area contributed by atoms with Gasteiger partial charge >= 0.3 is 5.97 Å². The fourth-order valence-electron chi connectivity index (χ4n) is 8.01. The van der Waals surface area contributed by atoms with E-state index >= 15 is 0 Å². The molecule has 3 aliphatic carbocycles. The number of alkyl halides is 1. The Kier molecular flexibility index (Phi) is 7.95. The molecule has 5 nitrogen and oxygen atoms in total. The lowest BCUT2D eigenvalue weighted by Gasteiger charge is -2.47. The SMILES string of the molecule is C[C@@H](COc1ccnc2c1[C@H](C)CC[C@H]2F)CC1Cc2ccccc2C12CCC(Nc1cccc(Cl)c1)(C(=O)O)CC2. The molecule has 4 atom stereocenters. The first-order valence-corrected chi connectivity index (χ1v) is 15.7. The molecule has 1 saturated carbocycles. The first-order valence-electron chi connectivity index (χ1n) is 15.3. The van der Waals surface area contributed by atoms with Gasteiger partial charge in [0.15, 0.2) is 0 Å². The third-order valence-electron chi connectivity index (χ3n) is 10.2. The van der Waals surface area contributed by atoms with E-state index in [0.29, 0.717) is 42.5 Å². The third kappa shape index (κ3) is 5.27. The highest BCUT2D eigenvalue weighted by atomic mass is 35.5. The molecule has 6 rings (SSSR count). The molecule has 1 spiro atoms. The molecule has 3 aromatic rings. The monoisotopic (exact) mass is 590 g/mol. The molecule has 1 unspecified atom stereocenters. The van der Waals surface area contributed by atoms with Gasteiger partial charge in [0.05, 0.1) is 12.3 Å². The normalized spacial score (nSPS) is 29.0. The number of carbonyl (C=O) groups is 1. The van der Waals surface area contributed by atoms with E-state index in [1.807, 2.05) is 18.2 Å². The van der Waals surface area contributed by atoms with Gasteiger partial charge in [0.1, 0.15) is 17.5 Å². The van der Waals surface area contributed by atoms with Gasteiger partial charge in [-0.25, -0.2) is 9.18 Å². The Labute approximate surface area is 252 Å². The maximum absolute atomic E-state index is 14.6. The van der Waals surface area contributed by atoms with Crippen molar-refractivity contribution < 1.29 is 19.0 Å². The number of pyridine rings is 1. The van der Waals surface area contributed by atoms with Gasteiger partial charge in [0.2, 0.25) is 0 Å². The van der Waals surface area contributed by atoms with Gasteiger partial charge in [-0.1, -0.05) is 55.8 Å². The summed E-state index contributed by atoms with van der Waals surface area (Å²) in [6, 6.07) is 17.9. The van der Waals surface area contributed by atoms with E-state index in [-0.39, 0.29) is 17.3 Å². The summed E-state index contributed by atoms with van der Waals surface area (Å²) in [5, 5.41) is 14.4. The lowest BCUT2D eigenvalue weighted by molar-refractivity contribution is -0.144. The van der Waals surface area contributed by atoms with Crippen LogP contribution in [-0.2, 0) is 16.6 Å². The van der Waals surface area contributed by atoms with Gasteiger partial charge in [0.25, 0.3) is 0 Å². The minimum Gasteiger partial charge on any atom is -0.493 e. The highest BCUT2D eigenvalue weighted by molar-refractivity contribution is 6.30. The molecule has 0 radical (unpaired) electrons. The van der Waals surface area contributed by atoms with Crippen LogP contribution in [0.3, 0.4) is 0 Å². The van der Waals surface area contributed by atoms with Crippen LogP contribution in [0.4, 0.5) is 10.1 Å². The first-order chi connectivity index (χ1) is 20.2. The van der Waals surface area contributed by atoms with Gasteiger partial charge in [-0.05, 0) is 110 Å². The molecule has 1 aromatic heterocycles. The Morgan fingerprint density at radius 2 is 1.93 bits per heavy atom. The Hall–Kier alpha value is -3.12. The molecule has 0 aliphatic heterocycles. The molecule has 0 saturated heterocycles. The van der Waals surface area contributed by atoms with Crippen LogP contribution >= 0.6 is 11.6 Å². The zero-order chi connectivity index (χ0) is 29.5. The third-order valence-corrected chi connectivity index (χ3v) is 10.5. The van der Waals surface area contributed by atoms with Gasteiger partial charge in [-0.3, -0.25) is 4.98 Å². The fourth-order valence-corrected chi connectivity index (χ4v) is 8.20. The van der Waals surface area contributed by atoms with E-state index in [1.54, 1.807) is 18.3 Å². The number of carboxylic acids is 1. The fraction of sp³-hybridized carbons (Fsp3) is 0.486. The lowest BCUT2D eigenvalue weighted by Crippen LogP contribution is -2.53. The van der Waals surface area contributed by atoms with Crippen molar-refractivity contribution >= 4 is 23.3 Å². The minimum atomic E-state index is -1.03. The Balaban J connectivity index is 1.19. The molecular formula is C35H40ClFN2O3. The number of hydrogen-bond acceptors (Lipinski definition) is 4. The molecule has 42 heavy (non-hydrogen) atoms. The number of carboxylic acid groups (broad SMARTS) is 1. The number of nitrogens with zero attached hydrogens (tertiary/aromatic N) is 1. The van der Waals surface area contributed by atoms with Crippen LogP contribution < -0.4 is 10.1 Å². The van der Waals surface area contributed by atoms with E-state index in [4.69, 9.17) is 16.3 Å². The molecule has 0 amide bonds. The lowest BCUT2D eigenvalue weighted by atomic mass is 9.59. The van der Waals surface area contributed by atoms with Crippen molar-refractivity contribution in [2.24, 2.45) is 11.8 Å². The van der Waals surface area contributed by atoms with Gasteiger partial charge in [0, 0.05) is 22.5 Å². The Bertz CT molecular complexity index is 1450. The van der Waals surface area contributed by atoms with Gasteiger partial charge < -0.3 is 15.2 Å². The highest BCUT2D eigenvalue weighted by Gasteiger charge is 2.54. The molecule has 1 heterocycles. The standard InChI is InChI=1S/C35H40ClFN2O3/c1-22(21-42-30-12-17-38-32-29(37)11-10-23(2)31(30)32)18-25-19-24-6-3-4-9-28(24)34(25)13-15-35(16-14-34,33(40)41)39-27-8-5-7-26(36)20-27/h3-9,12,17,20,22-23,25,29,39H,10-11,13-16,18-19,21H2,1-2H3,(H,40,41)/t22-,23-,25?,29-,34?,35?/m1/s1. The number of fused-ring (bicyclic) bond motifs is 3. The Morgan fingerprint density at radius 3 is 2.69 bits per heavy atom. The predicted molar refractivity (Wildman–Crippen MR) is 164 cm³/mol. The number of halogens is 2. The number of ether oxygens (including phenoxy) is 1. The minimum absolute atomic E-state index is 0.0639. The van der Waals surface area contributed by atoms with Crippen LogP contribution in [0.25, 0.3) is 0 Å². The second-order valence-corrected chi connectivity index (χ2v) is 13.4. The van der Waals surface area contributed by atoms with E-state index in [1.165, 1.54) is 11.1 Å². The maximum Gasteiger partial charge on any atom is 0.329 e. The summed E-state index contributed by atoms with van der Waals surface area (Å²) in [5.74, 6) is 0.859. The summed E-state index contributed by atoms with van der Waals surface area (Å²) in [6.45, 7) is 4.92. The number of benzene rings is 2. The molecule has 2 aromatic carbocycles. The summed E-state index contributed by atoms with van der Waals surface area (Å²) in [6.07, 6.45) is 6.61. The van der Waals surface area contributed by atoms with E-state index in [0.717, 1.165) is 49.1 Å². The average molecular weight is 591 g/mol. The molecular weight excluding hydrogens is 551 g/mol. The van der Waals surface area contributed by atoms with E-state index in [9.17, 15) is 14.3 Å². The van der Waals surface area contributed by atoms with E-state index in [2.05, 4.69) is 48.4 Å². The molecule has 2 N–H and O–H groups in total. The van der Waals surface area contributed by atoms with Crippen LogP contribution in [0.5, 0.6) is 5.75 Å². The number of rotatable bonds is 8. The number of nitrogens with one attached hydrogen (secondary N) is 1. The van der Waals surface area contributed by atoms with E-state index < -0.39 is 17.7 Å². The van der Waals surface area contributed by atoms with Crippen LogP contribution in [0, 0.1) is 11.8 Å². The number of aromatic nitrogens is 1. The molecule has 222 valence electrons. The van der Waals surface area contributed by atoms with Crippen LogP contribution in [0.1, 0.15) is 93.3 Å². The molecule has 0 bridgehead atoms. The van der Waals surface area contributed by atoms with Crippen molar-refractivity contribution in [3.8, 4) is 5.75 Å². The van der Waals surface area contributed by atoms with Crippen molar-refractivity contribution in [2.75, 3.05) is 11.9 Å². The zero-order valence-electron chi connectivity index (χ0n) is 24.4. The zero-order valence-corrected chi connectivity index (χ0v) is 25.2. The van der Waals surface area contributed by atoms with Crippen molar-refractivity contribution in [2.45, 2.75) is 88.3 Å². The Morgan fingerprint density at radius 1 is 1.14 bits per heavy atom. The van der Waals surface area contributed by atoms with Crippen molar-refractivity contribution in [1.29, 1.82) is 0 Å². The van der Waals surface area contributed by atoms with Crippen molar-refractivity contribution in [3.05, 3.63) is 88.2 Å². The average Bonchev–Trinajstić information content (AvgIpc) is 3.27. The largest absolute Gasteiger partial charge is 0.493 e. The van der Waals surface area contributed by atoms with Crippen molar-refractivity contribution in [1.82, 2.24) is 4.98 Å². The topological polar surface area (TPSA) is 71.5 Å². The van der Waals surface area contributed by atoms with Crippen LogP contribution in [-0.4, -0.2) is 28.2 Å². The first kappa shape index (κ1) is 29.0. The number of anilines is 1. The van der Waals surface area contributed by atoms with Crippen LogP contribution in [0.15, 0.2) is 60.8 Å². The summed E-state index contributed by atoms with van der Waals surface area (Å²) in [5.41, 5.74) is 3.88. The van der Waals surface area contributed by atoms with Gasteiger partial charge in [-0.2, -0.15) is 0 Å². The summed E-state index contributed by atoms with van der Waals surface area (Å²) >= 11 is 6.21. The second-order valence-electron chi connectivity index (χ2n) is 12.9. The number of hydrogen-bond donors (Lipinski definition) is 2. The smallest absolute Gasteiger partial charge is 0.329 e. The highest BCUT2D eigenvalue weighted by Crippen LogP contribution is 2.56. The molecule has 3 aliphatic rings. The maximum atomic E-state index is 14.6. The number of aliphatic carboxylic acids is 1. The quantitative estimate of drug-likeness (QED) is 0.275.